The molecule has 1 aliphatic heterocycles. The topological polar surface area (TPSA) is 86.3 Å². The van der Waals surface area contributed by atoms with E-state index in [9.17, 15) is 9.59 Å². The standard InChI is InChI=1S/C13H13N3O3S/c17-12(16-3-1-8(6-16)13(18)19)10-5-14-15-11(10)9-2-4-20-7-9/h2,4-5,7-8H,1,3,6H2,(H,14,15)(H,18,19). The number of carbonyl (C=O) groups is 2. The highest BCUT2D eigenvalue weighted by Crippen LogP contribution is 2.26. The summed E-state index contributed by atoms with van der Waals surface area (Å²) in [4.78, 5) is 25.0. The molecule has 20 heavy (non-hydrogen) atoms. The molecule has 3 rings (SSSR count). The highest BCUT2D eigenvalue weighted by Gasteiger charge is 2.32. The Hall–Kier alpha value is -2.15. The largest absolute Gasteiger partial charge is 0.481 e. The number of likely N-dealkylation sites (tertiary alicyclic amines) is 1. The third kappa shape index (κ3) is 2.20. The molecule has 1 aliphatic rings. The van der Waals surface area contributed by atoms with E-state index in [1.807, 2.05) is 16.8 Å². The van der Waals surface area contributed by atoms with Gasteiger partial charge in [0.25, 0.3) is 5.91 Å². The number of nitrogens with zero attached hydrogens (tertiary/aromatic N) is 2. The van der Waals surface area contributed by atoms with Gasteiger partial charge in [0.15, 0.2) is 0 Å². The average molecular weight is 291 g/mol. The number of carboxylic acid groups (broad SMARTS) is 1. The van der Waals surface area contributed by atoms with Crippen LogP contribution >= 0.6 is 11.3 Å². The predicted octanol–water partition coefficient (Wildman–Crippen LogP) is 1.68. The summed E-state index contributed by atoms with van der Waals surface area (Å²) in [6, 6.07) is 1.92. The maximum atomic E-state index is 12.5. The molecule has 0 aliphatic carbocycles. The summed E-state index contributed by atoms with van der Waals surface area (Å²) in [7, 11) is 0. The van der Waals surface area contributed by atoms with Crippen LogP contribution in [0.15, 0.2) is 23.0 Å². The second kappa shape index (κ2) is 5.09. The van der Waals surface area contributed by atoms with Crippen molar-refractivity contribution < 1.29 is 14.7 Å². The molecule has 3 heterocycles. The molecule has 0 spiro atoms. The van der Waals surface area contributed by atoms with E-state index < -0.39 is 11.9 Å². The van der Waals surface area contributed by atoms with Crippen molar-refractivity contribution in [3.63, 3.8) is 0 Å². The quantitative estimate of drug-likeness (QED) is 0.901. The van der Waals surface area contributed by atoms with Crippen molar-refractivity contribution in [2.45, 2.75) is 6.42 Å². The van der Waals surface area contributed by atoms with Gasteiger partial charge in [-0.1, -0.05) is 0 Å². The number of thiophene rings is 1. The minimum Gasteiger partial charge on any atom is -0.481 e. The lowest BCUT2D eigenvalue weighted by molar-refractivity contribution is -0.141. The number of carbonyl (C=O) groups excluding carboxylic acids is 1. The maximum absolute atomic E-state index is 12.5. The Kier molecular flexibility index (Phi) is 3.27. The molecular formula is C13H13N3O3S. The van der Waals surface area contributed by atoms with Crippen molar-refractivity contribution in [1.82, 2.24) is 15.1 Å². The maximum Gasteiger partial charge on any atom is 0.308 e. The van der Waals surface area contributed by atoms with Gasteiger partial charge < -0.3 is 10.0 Å². The van der Waals surface area contributed by atoms with E-state index in [1.54, 1.807) is 16.2 Å². The zero-order valence-electron chi connectivity index (χ0n) is 10.6. The second-order valence-electron chi connectivity index (χ2n) is 4.75. The summed E-state index contributed by atoms with van der Waals surface area (Å²) in [6.45, 7) is 0.743. The Morgan fingerprint density at radius 3 is 3.00 bits per heavy atom. The molecular weight excluding hydrogens is 278 g/mol. The predicted molar refractivity (Wildman–Crippen MR) is 73.5 cm³/mol. The first-order valence-electron chi connectivity index (χ1n) is 6.25. The van der Waals surface area contributed by atoms with Gasteiger partial charge in [0, 0.05) is 24.0 Å². The van der Waals surface area contributed by atoms with Gasteiger partial charge >= 0.3 is 5.97 Å². The number of hydrogen-bond donors (Lipinski definition) is 2. The van der Waals surface area contributed by atoms with Gasteiger partial charge in [-0.05, 0) is 17.9 Å². The first-order valence-corrected chi connectivity index (χ1v) is 7.19. The minimum atomic E-state index is -0.842. The van der Waals surface area contributed by atoms with Crippen LogP contribution in [0.2, 0.25) is 0 Å². The lowest BCUT2D eigenvalue weighted by Gasteiger charge is -2.15. The van der Waals surface area contributed by atoms with Crippen molar-refractivity contribution in [2.75, 3.05) is 13.1 Å². The summed E-state index contributed by atoms with van der Waals surface area (Å²) in [5.41, 5.74) is 2.11. The normalized spacial score (nSPS) is 18.4. The smallest absolute Gasteiger partial charge is 0.308 e. The molecule has 104 valence electrons. The fourth-order valence-corrected chi connectivity index (χ4v) is 3.04. The Balaban J connectivity index is 1.82. The molecule has 1 unspecified atom stereocenters. The summed E-state index contributed by atoms with van der Waals surface area (Å²) < 4.78 is 0. The van der Waals surface area contributed by atoms with E-state index in [4.69, 9.17) is 5.11 Å². The summed E-state index contributed by atoms with van der Waals surface area (Å²) in [6.07, 6.45) is 2.01. The van der Waals surface area contributed by atoms with Gasteiger partial charge in [0.2, 0.25) is 0 Å². The number of hydrogen-bond acceptors (Lipinski definition) is 4. The monoisotopic (exact) mass is 291 g/mol. The van der Waals surface area contributed by atoms with Crippen molar-refractivity contribution in [2.24, 2.45) is 5.92 Å². The van der Waals surface area contributed by atoms with Crippen LogP contribution < -0.4 is 0 Å². The van der Waals surface area contributed by atoms with Crippen molar-refractivity contribution in [3.8, 4) is 11.3 Å². The molecule has 0 saturated carbocycles. The number of carboxylic acids is 1. The first kappa shape index (κ1) is 12.9. The molecule has 0 bridgehead atoms. The number of aromatic amines is 1. The van der Waals surface area contributed by atoms with Crippen molar-refractivity contribution in [1.29, 1.82) is 0 Å². The fraction of sp³-hybridized carbons (Fsp3) is 0.308. The van der Waals surface area contributed by atoms with Crippen LogP contribution in [0.4, 0.5) is 0 Å². The molecule has 1 atom stereocenters. The van der Waals surface area contributed by atoms with Gasteiger partial charge in [0.05, 0.1) is 23.4 Å². The van der Waals surface area contributed by atoms with Gasteiger partial charge in [-0.2, -0.15) is 16.4 Å². The Labute approximate surface area is 119 Å². The van der Waals surface area contributed by atoms with E-state index in [0.29, 0.717) is 24.2 Å². The zero-order chi connectivity index (χ0) is 14.1. The number of amides is 1. The highest BCUT2D eigenvalue weighted by molar-refractivity contribution is 7.08. The SMILES string of the molecule is O=C(O)C1CCN(C(=O)c2cn[nH]c2-c2ccsc2)C1. The average Bonchev–Trinajstić information content (AvgIpc) is 3.17. The number of rotatable bonds is 3. The summed E-state index contributed by atoms with van der Waals surface area (Å²) >= 11 is 1.54. The summed E-state index contributed by atoms with van der Waals surface area (Å²) in [5, 5.41) is 19.6. The molecule has 1 fully saturated rings. The van der Waals surface area contributed by atoms with Crippen LogP contribution in [0.5, 0.6) is 0 Å². The Bertz CT molecular complexity index is 635. The lowest BCUT2D eigenvalue weighted by Crippen LogP contribution is -2.30. The van der Waals surface area contributed by atoms with Gasteiger partial charge in [0.1, 0.15) is 0 Å². The molecule has 2 N–H and O–H groups in total. The van der Waals surface area contributed by atoms with Crippen LogP contribution in [0.1, 0.15) is 16.8 Å². The minimum absolute atomic E-state index is 0.163. The third-order valence-corrected chi connectivity index (χ3v) is 4.19. The van der Waals surface area contributed by atoms with E-state index in [2.05, 4.69) is 10.2 Å². The van der Waals surface area contributed by atoms with Gasteiger partial charge in [-0.25, -0.2) is 0 Å². The second-order valence-corrected chi connectivity index (χ2v) is 5.53. The van der Waals surface area contributed by atoms with E-state index in [-0.39, 0.29) is 12.5 Å². The van der Waals surface area contributed by atoms with E-state index in [1.165, 1.54) is 6.20 Å². The number of aromatic nitrogens is 2. The number of nitrogens with one attached hydrogen (secondary N) is 1. The van der Waals surface area contributed by atoms with Gasteiger partial charge in [-0.15, -0.1) is 0 Å². The summed E-state index contributed by atoms with van der Waals surface area (Å²) in [5.74, 6) is -1.47. The molecule has 1 amide bonds. The molecule has 6 nitrogen and oxygen atoms in total. The van der Waals surface area contributed by atoms with Crippen LogP contribution in [-0.4, -0.2) is 45.2 Å². The van der Waals surface area contributed by atoms with Crippen LogP contribution in [0.25, 0.3) is 11.3 Å². The first-order chi connectivity index (χ1) is 9.66. The lowest BCUT2D eigenvalue weighted by atomic mass is 10.1. The van der Waals surface area contributed by atoms with Crippen LogP contribution in [0.3, 0.4) is 0 Å². The molecule has 0 radical (unpaired) electrons. The van der Waals surface area contributed by atoms with Crippen LogP contribution in [0, 0.1) is 5.92 Å². The number of aliphatic carboxylic acids is 1. The third-order valence-electron chi connectivity index (χ3n) is 3.50. The Morgan fingerprint density at radius 2 is 2.35 bits per heavy atom. The molecule has 1 saturated heterocycles. The highest BCUT2D eigenvalue weighted by atomic mass is 32.1. The van der Waals surface area contributed by atoms with E-state index >= 15 is 0 Å². The molecule has 0 aromatic carbocycles. The fourth-order valence-electron chi connectivity index (χ4n) is 2.39. The zero-order valence-corrected chi connectivity index (χ0v) is 11.4. The molecule has 7 heteroatoms. The Morgan fingerprint density at radius 1 is 1.50 bits per heavy atom. The van der Waals surface area contributed by atoms with Gasteiger partial charge in [-0.3, -0.25) is 14.7 Å². The van der Waals surface area contributed by atoms with Crippen molar-refractivity contribution in [3.05, 3.63) is 28.6 Å². The van der Waals surface area contributed by atoms with Crippen LogP contribution in [-0.2, 0) is 4.79 Å². The molecule has 2 aromatic rings. The molecule has 2 aromatic heterocycles. The number of H-pyrrole nitrogens is 1. The van der Waals surface area contributed by atoms with Crippen molar-refractivity contribution >= 4 is 23.2 Å². The van der Waals surface area contributed by atoms with E-state index in [0.717, 1.165) is 5.56 Å².